The van der Waals surface area contributed by atoms with Gasteiger partial charge in [-0.25, -0.2) is 9.18 Å². The molecule has 0 heterocycles. The Labute approximate surface area is 219 Å². The molecule has 0 saturated carbocycles. The highest BCUT2D eigenvalue weighted by atomic mass is 19.2. The molecule has 0 fully saturated rings. The second kappa shape index (κ2) is 16.7. The molecule has 0 aromatic heterocycles. The van der Waals surface area contributed by atoms with Gasteiger partial charge in [-0.1, -0.05) is 78.1 Å². The van der Waals surface area contributed by atoms with Gasteiger partial charge in [0.15, 0.2) is 11.6 Å². The van der Waals surface area contributed by atoms with Crippen LogP contribution in [0.1, 0.15) is 108 Å². The zero-order chi connectivity index (χ0) is 27.0. The van der Waals surface area contributed by atoms with E-state index in [-0.39, 0.29) is 23.1 Å². The number of ether oxygens (including phenoxy) is 2. The molecule has 0 aliphatic carbocycles. The molecule has 2 aromatic rings. The number of carbonyl (C=O) groups excluding carboxylic acids is 1. The van der Waals surface area contributed by atoms with Crippen molar-refractivity contribution in [1.29, 1.82) is 0 Å². The highest BCUT2D eigenvalue weighted by molar-refractivity contribution is 5.96. The second-order valence-corrected chi connectivity index (χ2v) is 9.36. The van der Waals surface area contributed by atoms with Gasteiger partial charge in [0.25, 0.3) is 0 Å². The van der Waals surface area contributed by atoms with Crippen LogP contribution in [-0.2, 0) is 4.79 Å². The molecule has 0 radical (unpaired) electrons. The topological polar surface area (TPSA) is 72.8 Å². The first-order valence-electron chi connectivity index (χ1n) is 13.6. The van der Waals surface area contributed by atoms with E-state index in [1.54, 1.807) is 0 Å². The maximum atomic E-state index is 15.1. The predicted octanol–water partition coefficient (Wildman–Crippen LogP) is 8.73. The van der Waals surface area contributed by atoms with Crippen LogP contribution in [0.15, 0.2) is 30.3 Å². The summed E-state index contributed by atoms with van der Waals surface area (Å²) in [6, 6.07) is 6.62. The quantitative estimate of drug-likeness (QED) is 0.121. The molecule has 7 heteroatoms. The summed E-state index contributed by atoms with van der Waals surface area (Å²) in [6.07, 6.45) is 12.6. The number of rotatable bonds is 18. The van der Waals surface area contributed by atoms with Crippen molar-refractivity contribution in [2.45, 2.75) is 97.3 Å². The summed E-state index contributed by atoms with van der Waals surface area (Å²) in [4.78, 5) is 23.9. The molecule has 0 spiro atoms. The first-order valence-corrected chi connectivity index (χ1v) is 13.6. The lowest BCUT2D eigenvalue weighted by Crippen LogP contribution is -2.10. The van der Waals surface area contributed by atoms with Crippen LogP contribution in [0.25, 0.3) is 11.1 Å². The van der Waals surface area contributed by atoms with E-state index in [0.717, 1.165) is 57.4 Å². The zero-order valence-corrected chi connectivity index (χ0v) is 22.1. The summed E-state index contributed by atoms with van der Waals surface area (Å²) < 4.78 is 40.7. The first kappa shape index (κ1) is 30.3. The molecule has 0 unspecified atom stereocenters. The Bertz CT molecular complexity index is 1010. The van der Waals surface area contributed by atoms with Crippen molar-refractivity contribution < 1.29 is 33.0 Å². The summed E-state index contributed by atoms with van der Waals surface area (Å²) in [6.45, 7) is 4.73. The summed E-state index contributed by atoms with van der Waals surface area (Å²) >= 11 is 0. The van der Waals surface area contributed by atoms with Gasteiger partial charge < -0.3 is 14.6 Å². The van der Waals surface area contributed by atoms with Gasteiger partial charge in [-0.2, -0.15) is 4.39 Å². The number of carboxylic acid groups (broad SMARTS) is 1. The number of aromatic carboxylic acids is 1. The Morgan fingerprint density at radius 2 is 1.38 bits per heavy atom. The van der Waals surface area contributed by atoms with E-state index < -0.39 is 29.3 Å². The Hall–Kier alpha value is -2.96. The van der Waals surface area contributed by atoms with Crippen molar-refractivity contribution in [3.8, 4) is 22.6 Å². The summed E-state index contributed by atoms with van der Waals surface area (Å²) in [5, 5.41) is 9.59. The maximum Gasteiger partial charge on any atom is 0.336 e. The van der Waals surface area contributed by atoms with Crippen molar-refractivity contribution in [2.75, 3.05) is 6.61 Å². The fourth-order valence-corrected chi connectivity index (χ4v) is 4.14. The molecule has 0 amide bonds. The third kappa shape index (κ3) is 10.1. The van der Waals surface area contributed by atoms with Gasteiger partial charge in [-0.15, -0.1) is 0 Å². The van der Waals surface area contributed by atoms with Gasteiger partial charge in [-0.3, -0.25) is 4.79 Å². The normalized spacial score (nSPS) is 10.9. The summed E-state index contributed by atoms with van der Waals surface area (Å²) in [5.74, 6) is -4.64. The number of carboxylic acids is 1. The minimum atomic E-state index is -1.33. The number of hydrogen-bond donors (Lipinski definition) is 1. The number of carbonyl (C=O) groups is 2. The number of hydrogen-bond acceptors (Lipinski definition) is 4. The highest BCUT2D eigenvalue weighted by Gasteiger charge is 2.22. The lowest BCUT2D eigenvalue weighted by Gasteiger charge is -2.13. The van der Waals surface area contributed by atoms with Gasteiger partial charge in [0.2, 0.25) is 5.82 Å². The van der Waals surface area contributed by atoms with E-state index in [9.17, 15) is 19.1 Å². The minimum Gasteiger partial charge on any atom is -0.494 e. The average Bonchev–Trinajstić information content (AvgIpc) is 2.88. The number of halogens is 2. The molecule has 0 aliphatic rings. The predicted molar refractivity (Wildman–Crippen MR) is 141 cm³/mol. The van der Waals surface area contributed by atoms with Crippen molar-refractivity contribution in [2.24, 2.45) is 0 Å². The highest BCUT2D eigenvalue weighted by Crippen LogP contribution is 2.34. The SMILES string of the molecule is CCCCCCCCOc1ccc(C(=O)O)c(-c2ccc(OC(=O)CCCCCCCC)c(F)c2F)c1. The molecule has 204 valence electrons. The van der Waals surface area contributed by atoms with Crippen LogP contribution < -0.4 is 9.47 Å². The van der Waals surface area contributed by atoms with Crippen LogP contribution in [0.3, 0.4) is 0 Å². The molecular weight excluding hydrogens is 478 g/mol. The van der Waals surface area contributed by atoms with E-state index in [1.165, 1.54) is 43.5 Å². The lowest BCUT2D eigenvalue weighted by atomic mass is 9.98. The summed E-state index contributed by atoms with van der Waals surface area (Å²) in [5.41, 5.74) is -0.428. The van der Waals surface area contributed by atoms with Crippen molar-refractivity contribution >= 4 is 11.9 Å². The lowest BCUT2D eigenvalue weighted by molar-refractivity contribution is -0.134. The molecule has 1 N–H and O–H groups in total. The third-order valence-corrected chi connectivity index (χ3v) is 6.28. The van der Waals surface area contributed by atoms with Gasteiger partial charge in [0, 0.05) is 17.5 Å². The Kier molecular flexibility index (Phi) is 13.7. The Balaban J connectivity index is 2.07. The molecule has 0 atom stereocenters. The van der Waals surface area contributed by atoms with Gasteiger partial charge in [0.1, 0.15) is 5.75 Å². The second-order valence-electron chi connectivity index (χ2n) is 9.36. The van der Waals surface area contributed by atoms with Crippen LogP contribution in [0, 0.1) is 11.6 Å². The molecule has 0 bridgehead atoms. The van der Waals surface area contributed by atoms with Gasteiger partial charge in [0.05, 0.1) is 12.2 Å². The largest absolute Gasteiger partial charge is 0.494 e. The fraction of sp³-hybridized carbons (Fsp3) is 0.533. The molecule has 0 saturated heterocycles. The average molecular weight is 519 g/mol. The zero-order valence-electron chi connectivity index (χ0n) is 22.1. The number of unbranched alkanes of at least 4 members (excludes halogenated alkanes) is 10. The van der Waals surface area contributed by atoms with E-state index in [2.05, 4.69) is 13.8 Å². The van der Waals surface area contributed by atoms with E-state index in [1.807, 2.05) is 0 Å². The number of esters is 1. The van der Waals surface area contributed by atoms with Crippen molar-refractivity contribution in [1.82, 2.24) is 0 Å². The summed E-state index contributed by atoms with van der Waals surface area (Å²) in [7, 11) is 0. The maximum absolute atomic E-state index is 15.1. The van der Waals surface area contributed by atoms with Crippen LogP contribution in [0.4, 0.5) is 8.78 Å². The molecule has 2 aromatic carbocycles. The first-order chi connectivity index (χ1) is 17.9. The smallest absolute Gasteiger partial charge is 0.336 e. The molecule has 37 heavy (non-hydrogen) atoms. The fourth-order valence-electron chi connectivity index (χ4n) is 4.14. The Morgan fingerprint density at radius 1 is 0.757 bits per heavy atom. The van der Waals surface area contributed by atoms with Crippen LogP contribution in [-0.4, -0.2) is 23.7 Å². The van der Waals surface area contributed by atoms with Gasteiger partial charge in [-0.05, 0) is 43.2 Å². The van der Waals surface area contributed by atoms with Crippen LogP contribution >= 0.6 is 0 Å². The number of benzene rings is 2. The minimum absolute atomic E-state index is 0.00528. The van der Waals surface area contributed by atoms with E-state index >= 15 is 4.39 Å². The van der Waals surface area contributed by atoms with Gasteiger partial charge >= 0.3 is 11.9 Å². The third-order valence-electron chi connectivity index (χ3n) is 6.28. The molecule has 2 rings (SSSR count). The van der Waals surface area contributed by atoms with E-state index in [0.29, 0.717) is 18.8 Å². The van der Waals surface area contributed by atoms with E-state index in [4.69, 9.17) is 9.47 Å². The standard InChI is InChI=1S/C30H40F2O5/c1-3-5-7-9-11-13-15-27(33)37-26-19-18-23(28(31)29(26)32)25-21-22(16-17-24(25)30(34)35)36-20-14-12-10-8-6-4-2/h16-19,21H,3-15,20H2,1-2H3,(H,34,35). The van der Waals surface area contributed by atoms with Crippen LogP contribution in [0.2, 0.25) is 0 Å². The molecule has 0 aliphatic heterocycles. The molecular formula is C30H40F2O5. The Morgan fingerprint density at radius 3 is 2.03 bits per heavy atom. The van der Waals surface area contributed by atoms with Crippen LogP contribution in [0.5, 0.6) is 11.5 Å². The van der Waals surface area contributed by atoms with Crippen molar-refractivity contribution in [3.05, 3.63) is 47.5 Å². The monoisotopic (exact) mass is 518 g/mol. The molecule has 5 nitrogen and oxygen atoms in total. The van der Waals surface area contributed by atoms with Crippen molar-refractivity contribution in [3.63, 3.8) is 0 Å².